The van der Waals surface area contributed by atoms with Crippen molar-refractivity contribution < 1.29 is 0 Å². The molecule has 0 saturated heterocycles. The van der Waals surface area contributed by atoms with Crippen LogP contribution in [0.1, 0.15) is 45.9 Å². The number of nitrogens with zero attached hydrogens (tertiary/aromatic N) is 1. The molecule has 1 unspecified atom stereocenters. The Hall–Kier alpha value is -6.96. The standard InChI is InChI=1S/C55H39N/c1-54(39-21-5-2-6-22-39)47-30-15-14-29-45(47)53-50(54)32-18-34-52(53)56(51-33-17-20-38-19-11-12-27-43(38)51)42-35-36-49-46(37-42)44-28-13-16-31-48(44)55(49,40-23-7-3-8-24-40)41-25-9-4-10-26-41/h2-37H,1H3. The van der Waals surface area contributed by atoms with E-state index in [9.17, 15) is 0 Å². The summed E-state index contributed by atoms with van der Waals surface area (Å²) in [7, 11) is 0. The van der Waals surface area contributed by atoms with E-state index in [1.807, 2.05) is 0 Å². The molecule has 0 aromatic heterocycles. The van der Waals surface area contributed by atoms with Crippen LogP contribution in [0, 0.1) is 0 Å². The molecule has 9 aromatic carbocycles. The zero-order valence-corrected chi connectivity index (χ0v) is 31.2. The van der Waals surface area contributed by atoms with Crippen LogP contribution < -0.4 is 4.90 Å². The Bertz CT molecular complexity index is 2880. The van der Waals surface area contributed by atoms with Gasteiger partial charge in [0, 0.05) is 22.1 Å². The molecule has 1 heteroatoms. The van der Waals surface area contributed by atoms with Gasteiger partial charge in [-0.2, -0.15) is 0 Å². The molecule has 11 rings (SSSR count). The van der Waals surface area contributed by atoms with E-state index in [0.29, 0.717) is 0 Å². The number of fused-ring (bicyclic) bond motifs is 7. The third-order valence-electron chi connectivity index (χ3n) is 12.6. The lowest BCUT2D eigenvalue weighted by Crippen LogP contribution is -2.28. The van der Waals surface area contributed by atoms with Gasteiger partial charge in [-0.3, -0.25) is 0 Å². The second-order valence-electron chi connectivity index (χ2n) is 15.3. The van der Waals surface area contributed by atoms with Crippen molar-refractivity contribution in [3.63, 3.8) is 0 Å². The summed E-state index contributed by atoms with van der Waals surface area (Å²) in [4.78, 5) is 2.53. The predicted molar refractivity (Wildman–Crippen MR) is 233 cm³/mol. The van der Waals surface area contributed by atoms with Crippen molar-refractivity contribution in [3.8, 4) is 22.3 Å². The Morgan fingerprint density at radius 3 is 1.61 bits per heavy atom. The number of anilines is 3. The molecule has 0 saturated carbocycles. The number of hydrogen-bond donors (Lipinski definition) is 0. The highest BCUT2D eigenvalue weighted by Crippen LogP contribution is 2.59. The fourth-order valence-corrected chi connectivity index (χ4v) is 10.2. The van der Waals surface area contributed by atoms with E-state index in [2.05, 4.69) is 230 Å². The maximum atomic E-state index is 2.53. The Morgan fingerprint density at radius 2 is 0.875 bits per heavy atom. The third kappa shape index (κ3) is 4.49. The van der Waals surface area contributed by atoms with Gasteiger partial charge in [0.25, 0.3) is 0 Å². The SMILES string of the molecule is CC1(c2ccccc2)c2ccccc2-c2c(N(c3ccc4c(c3)-c3ccccc3C4(c3ccccc3)c3ccccc3)c3cccc4ccccc34)cccc21. The first-order valence-electron chi connectivity index (χ1n) is 19.6. The summed E-state index contributed by atoms with van der Waals surface area (Å²) < 4.78 is 0. The van der Waals surface area contributed by atoms with E-state index in [1.54, 1.807) is 0 Å². The Balaban J connectivity index is 1.22. The molecule has 0 N–H and O–H groups in total. The van der Waals surface area contributed by atoms with Gasteiger partial charge < -0.3 is 4.90 Å². The van der Waals surface area contributed by atoms with E-state index in [1.165, 1.54) is 77.7 Å². The maximum absolute atomic E-state index is 2.53. The van der Waals surface area contributed by atoms with Crippen molar-refractivity contribution in [3.05, 3.63) is 257 Å². The minimum absolute atomic E-state index is 0.310. The van der Waals surface area contributed by atoms with Crippen LogP contribution >= 0.6 is 0 Å². The highest BCUT2D eigenvalue weighted by Gasteiger charge is 2.47. The van der Waals surface area contributed by atoms with Crippen LogP contribution in [0.4, 0.5) is 17.1 Å². The predicted octanol–water partition coefficient (Wildman–Crippen LogP) is 14.0. The summed E-state index contributed by atoms with van der Waals surface area (Å²) in [6, 6.07) is 80.9. The van der Waals surface area contributed by atoms with Crippen molar-refractivity contribution in [1.29, 1.82) is 0 Å². The molecule has 0 heterocycles. The molecule has 0 radical (unpaired) electrons. The molecule has 0 spiro atoms. The van der Waals surface area contributed by atoms with Crippen LogP contribution in [0.25, 0.3) is 33.0 Å². The second kappa shape index (κ2) is 12.5. The van der Waals surface area contributed by atoms with E-state index >= 15 is 0 Å². The van der Waals surface area contributed by atoms with Gasteiger partial charge in [-0.1, -0.05) is 194 Å². The highest BCUT2D eigenvalue weighted by atomic mass is 15.1. The van der Waals surface area contributed by atoms with Gasteiger partial charge in [-0.05, 0) is 92.2 Å². The van der Waals surface area contributed by atoms with Gasteiger partial charge in [0.05, 0.1) is 16.8 Å². The summed E-state index contributed by atoms with van der Waals surface area (Å²) in [6.45, 7) is 2.40. The summed E-state index contributed by atoms with van der Waals surface area (Å²) in [5.41, 5.74) is 16.9. The molecule has 0 aliphatic heterocycles. The topological polar surface area (TPSA) is 3.24 Å². The normalized spacial score (nSPS) is 15.8. The molecule has 1 nitrogen and oxygen atoms in total. The minimum Gasteiger partial charge on any atom is -0.309 e. The van der Waals surface area contributed by atoms with Gasteiger partial charge >= 0.3 is 0 Å². The molecule has 9 aromatic rings. The van der Waals surface area contributed by atoms with Crippen LogP contribution in [-0.2, 0) is 10.8 Å². The van der Waals surface area contributed by atoms with Gasteiger partial charge in [0.2, 0.25) is 0 Å². The fraction of sp³-hybridized carbons (Fsp3) is 0.0545. The number of benzene rings is 9. The summed E-state index contributed by atoms with van der Waals surface area (Å²) in [5, 5.41) is 2.43. The van der Waals surface area contributed by atoms with Crippen LogP contribution in [0.2, 0.25) is 0 Å². The van der Waals surface area contributed by atoms with Gasteiger partial charge in [0.1, 0.15) is 0 Å². The van der Waals surface area contributed by atoms with E-state index in [-0.39, 0.29) is 5.41 Å². The zero-order chi connectivity index (χ0) is 37.3. The third-order valence-corrected chi connectivity index (χ3v) is 12.6. The summed E-state index contributed by atoms with van der Waals surface area (Å²) in [5.74, 6) is 0. The molecule has 0 fully saturated rings. The first-order chi connectivity index (χ1) is 27.7. The number of hydrogen-bond acceptors (Lipinski definition) is 1. The lowest BCUT2D eigenvalue weighted by atomic mass is 9.68. The Kier molecular flexibility index (Phi) is 7.28. The first kappa shape index (κ1) is 32.5. The monoisotopic (exact) mass is 713 g/mol. The van der Waals surface area contributed by atoms with Crippen molar-refractivity contribution in [1.82, 2.24) is 0 Å². The average molecular weight is 714 g/mol. The molecule has 56 heavy (non-hydrogen) atoms. The van der Waals surface area contributed by atoms with E-state index < -0.39 is 5.41 Å². The molecule has 0 bridgehead atoms. The van der Waals surface area contributed by atoms with Crippen LogP contribution in [0.15, 0.2) is 218 Å². The number of rotatable bonds is 6. The summed E-state index contributed by atoms with van der Waals surface area (Å²) in [6.07, 6.45) is 0. The first-order valence-corrected chi connectivity index (χ1v) is 19.6. The Labute approximate surface area is 328 Å². The average Bonchev–Trinajstić information content (AvgIpc) is 3.72. The van der Waals surface area contributed by atoms with Crippen molar-refractivity contribution in [2.45, 2.75) is 17.8 Å². The lowest BCUT2D eigenvalue weighted by molar-refractivity contribution is 0.714. The fourth-order valence-electron chi connectivity index (χ4n) is 10.2. The molecule has 0 amide bonds. The van der Waals surface area contributed by atoms with Gasteiger partial charge in [0.15, 0.2) is 0 Å². The quantitative estimate of drug-likeness (QED) is 0.166. The van der Waals surface area contributed by atoms with E-state index in [4.69, 9.17) is 0 Å². The van der Waals surface area contributed by atoms with Crippen molar-refractivity contribution in [2.24, 2.45) is 0 Å². The van der Waals surface area contributed by atoms with Gasteiger partial charge in [-0.15, -0.1) is 0 Å². The molecule has 2 aliphatic carbocycles. The minimum atomic E-state index is -0.457. The van der Waals surface area contributed by atoms with E-state index in [0.717, 1.165) is 11.4 Å². The van der Waals surface area contributed by atoms with Gasteiger partial charge in [-0.25, -0.2) is 0 Å². The molecular weight excluding hydrogens is 675 g/mol. The van der Waals surface area contributed by atoms with Crippen LogP contribution in [0.5, 0.6) is 0 Å². The molecule has 2 aliphatic rings. The lowest BCUT2D eigenvalue weighted by Gasteiger charge is -2.34. The van der Waals surface area contributed by atoms with Crippen LogP contribution in [-0.4, -0.2) is 0 Å². The smallest absolute Gasteiger partial charge is 0.0713 e. The van der Waals surface area contributed by atoms with Crippen LogP contribution in [0.3, 0.4) is 0 Å². The van der Waals surface area contributed by atoms with Crippen molar-refractivity contribution >= 4 is 27.8 Å². The van der Waals surface area contributed by atoms with Crippen molar-refractivity contribution in [2.75, 3.05) is 4.90 Å². The highest BCUT2D eigenvalue weighted by molar-refractivity contribution is 6.04. The largest absolute Gasteiger partial charge is 0.309 e. The molecule has 264 valence electrons. The molecule has 1 atom stereocenters. The summed E-state index contributed by atoms with van der Waals surface area (Å²) >= 11 is 0. The Morgan fingerprint density at radius 1 is 0.357 bits per heavy atom. The maximum Gasteiger partial charge on any atom is 0.0713 e. The zero-order valence-electron chi connectivity index (χ0n) is 31.2. The second-order valence-corrected chi connectivity index (χ2v) is 15.3. The molecular formula is C55H39N.